The maximum absolute atomic E-state index is 12.3. The first-order valence-corrected chi connectivity index (χ1v) is 6.40. The van der Waals surface area contributed by atoms with E-state index in [-0.39, 0.29) is 17.9 Å². The van der Waals surface area contributed by atoms with Crippen LogP contribution in [0.4, 0.5) is 13.2 Å². The first-order valence-electron chi connectivity index (χ1n) is 6.40. The summed E-state index contributed by atoms with van der Waals surface area (Å²) in [7, 11) is 0. The molecule has 0 spiro atoms. The van der Waals surface area contributed by atoms with Crippen molar-refractivity contribution in [2.75, 3.05) is 13.1 Å². The van der Waals surface area contributed by atoms with Crippen LogP contribution in [0.25, 0.3) is 0 Å². The minimum Gasteiger partial charge on any atom is -0.405 e. The Hall–Kier alpha value is -1.27. The minimum atomic E-state index is -4.78. The van der Waals surface area contributed by atoms with E-state index in [9.17, 15) is 18.3 Å². The van der Waals surface area contributed by atoms with Gasteiger partial charge in [0.15, 0.2) is 0 Å². The molecule has 0 aliphatic carbocycles. The van der Waals surface area contributed by atoms with E-state index >= 15 is 0 Å². The van der Waals surface area contributed by atoms with Gasteiger partial charge in [-0.3, -0.25) is 0 Å². The van der Waals surface area contributed by atoms with Crippen molar-refractivity contribution >= 4 is 0 Å². The van der Waals surface area contributed by atoms with Gasteiger partial charge in [0.2, 0.25) is 0 Å². The quantitative estimate of drug-likeness (QED) is 0.846. The standard InChI is InChI=1S/C14H20F3NO2/c1-10(2)8-18-9-13(3,19)11-6-4-5-7-12(11)20-14(15,16)17/h4-7,10,18-19H,8-9H2,1-3H3. The molecule has 1 aromatic rings. The van der Waals surface area contributed by atoms with Crippen LogP contribution < -0.4 is 10.1 Å². The van der Waals surface area contributed by atoms with E-state index < -0.39 is 12.0 Å². The highest BCUT2D eigenvalue weighted by Crippen LogP contribution is 2.33. The van der Waals surface area contributed by atoms with Gasteiger partial charge in [-0.1, -0.05) is 32.0 Å². The Balaban J connectivity index is 2.88. The average molecular weight is 291 g/mol. The average Bonchev–Trinajstić information content (AvgIpc) is 2.26. The number of benzene rings is 1. The number of nitrogens with one attached hydrogen (secondary N) is 1. The summed E-state index contributed by atoms with van der Waals surface area (Å²) in [6.07, 6.45) is -4.78. The largest absolute Gasteiger partial charge is 0.573 e. The second-order valence-electron chi connectivity index (χ2n) is 5.34. The van der Waals surface area contributed by atoms with Gasteiger partial charge in [0.05, 0.1) is 0 Å². The van der Waals surface area contributed by atoms with Gasteiger partial charge < -0.3 is 15.2 Å². The molecule has 20 heavy (non-hydrogen) atoms. The van der Waals surface area contributed by atoms with Gasteiger partial charge in [-0.25, -0.2) is 0 Å². The molecule has 0 bridgehead atoms. The first kappa shape index (κ1) is 16.8. The van der Waals surface area contributed by atoms with E-state index in [1.165, 1.54) is 25.1 Å². The number of hydrogen-bond acceptors (Lipinski definition) is 3. The Morgan fingerprint density at radius 3 is 2.40 bits per heavy atom. The van der Waals surface area contributed by atoms with E-state index in [2.05, 4.69) is 10.1 Å². The molecule has 0 fully saturated rings. The van der Waals surface area contributed by atoms with Gasteiger partial charge in [0.25, 0.3) is 0 Å². The number of ether oxygens (including phenoxy) is 1. The van der Waals surface area contributed by atoms with Crippen LogP contribution in [0.5, 0.6) is 5.75 Å². The van der Waals surface area contributed by atoms with E-state index in [0.717, 1.165) is 0 Å². The zero-order chi connectivity index (χ0) is 15.4. The molecule has 0 saturated carbocycles. The zero-order valence-electron chi connectivity index (χ0n) is 11.8. The molecule has 0 amide bonds. The maximum Gasteiger partial charge on any atom is 0.573 e. The van der Waals surface area contributed by atoms with Crippen LogP contribution >= 0.6 is 0 Å². The van der Waals surface area contributed by atoms with Crippen molar-refractivity contribution in [2.45, 2.75) is 32.7 Å². The first-order chi connectivity index (χ1) is 9.12. The monoisotopic (exact) mass is 291 g/mol. The fraction of sp³-hybridized carbons (Fsp3) is 0.571. The molecular formula is C14H20F3NO2. The Bertz CT molecular complexity index is 431. The summed E-state index contributed by atoms with van der Waals surface area (Å²) in [5.74, 6) is 0.00353. The third-order valence-electron chi connectivity index (χ3n) is 2.71. The number of rotatable bonds is 6. The normalized spacial score (nSPS) is 15.2. The number of halogens is 3. The number of para-hydroxylation sites is 1. The van der Waals surface area contributed by atoms with Crippen LogP contribution in [-0.4, -0.2) is 24.6 Å². The number of alkyl halides is 3. The second kappa shape index (κ2) is 6.45. The summed E-state index contributed by atoms with van der Waals surface area (Å²) < 4.78 is 41.0. The topological polar surface area (TPSA) is 41.5 Å². The van der Waals surface area contributed by atoms with Crippen LogP contribution in [0.15, 0.2) is 24.3 Å². The van der Waals surface area contributed by atoms with Gasteiger partial charge in [-0.15, -0.1) is 13.2 Å². The van der Waals surface area contributed by atoms with E-state index in [0.29, 0.717) is 12.5 Å². The Morgan fingerprint density at radius 2 is 1.85 bits per heavy atom. The highest BCUT2D eigenvalue weighted by atomic mass is 19.4. The maximum atomic E-state index is 12.3. The second-order valence-corrected chi connectivity index (χ2v) is 5.34. The van der Waals surface area contributed by atoms with Gasteiger partial charge >= 0.3 is 6.36 Å². The van der Waals surface area contributed by atoms with Crippen LogP contribution in [-0.2, 0) is 5.60 Å². The predicted octanol–water partition coefficient (Wildman–Crippen LogP) is 3.04. The molecule has 0 saturated heterocycles. The fourth-order valence-corrected chi connectivity index (χ4v) is 1.82. The summed E-state index contributed by atoms with van der Waals surface area (Å²) in [5, 5.41) is 13.4. The summed E-state index contributed by atoms with van der Waals surface area (Å²) in [5.41, 5.74) is -1.34. The SMILES string of the molecule is CC(C)CNCC(C)(O)c1ccccc1OC(F)(F)F. The molecular weight excluding hydrogens is 271 g/mol. The lowest BCUT2D eigenvalue weighted by Crippen LogP contribution is -2.37. The highest BCUT2D eigenvalue weighted by molar-refractivity contribution is 5.38. The Labute approximate surface area is 116 Å². The Morgan fingerprint density at radius 1 is 1.25 bits per heavy atom. The van der Waals surface area contributed by atoms with Crippen molar-refractivity contribution in [3.63, 3.8) is 0 Å². The third-order valence-corrected chi connectivity index (χ3v) is 2.71. The molecule has 1 atom stereocenters. The highest BCUT2D eigenvalue weighted by Gasteiger charge is 2.35. The van der Waals surface area contributed by atoms with Crippen molar-refractivity contribution in [3.8, 4) is 5.75 Å². The molecule has 0 aliphatic heterocycles. The molecule has 0 heterocycles. The summed E-state index contributed by atoms with van der Waals surface area (Å²) in [4.78, 5) is 0. The molecule has 1 aromatic carbocycles. The van der Waals surface area contributed by atoms with Crippen LogP contribution in [0.3, 0.4) is 0 Å². The summed E-state index contributed by atoms with van der Waals surface area (Å²) in [6.45, 7) is 6.27. The van der Waals surface area contributed by atoms with Crippen molar-refractivity contribution < 1.29 is 23.0 Å². The van der Waals surface area contributed by atoms with Crippen molar-refractivity contribution in [1.29, 1.82) is 0 Å². The Kier molecular flexibility index (Phi) is 5.42. The lowest BCUT2D eigenvalue weighted by Gasteiger charge is -2.27. The molecule has 0 aliphatic rings. The molecule has 114 valence electrons. The van der Waals surface area contributed by atoms with Gasteiger partial charge in [0.1, 0.15) is 11.4 Å². The van der Waals surface area contributed by atoms with Crippen molar-refractivity contribution in [1.82, 2.24) is 5.32 Å². The van der Waals surface area contributed by atoms with Gasteiger partial charge in [-0.2, -0.15) is 0 Å². The predicted molar refractivity (Wildman–Crippen MR) is 70.4 cm³/mol. The molecule has 1 rings (SSSR count). The minimum absolute atomic E-state index is 0.105. The lowest BCUT2D eigenvalue weighted by molar-refractivity contribution is -0.275. The molecule has 6 heteroatoms. The fourth-order valence-electron chi connectivity index (χ4n) is 1.82. The number of aliphatic hydroxyl groups is 1. The smallest absolute Gasteiger partial charge is 0.405 e. The van der Waals surface area contributed by atoms with Gasteiger partial charge in [-0.05, 0) is 25.5 Å². The molecule has 1 unspecified atom stereocenters. The molecule has 0 aromatic heterocycles. The zero-order valence-corrected chi connectivity index (χ0v) is 11.8. The van der Waals surface area contributed by atoms with Crippen molar-refractivity contribution in [3.05, 3.63) is 29.8 Å². The van der Waals surface area contributed by atoms with Crippen LogP contribution in [0.1, 0.15) is 26.3 Å². The number of hydrogen-bond donors (Lipinski definition) is 2. The molecule has 2 N–H and O–H groups in total. The van der Waals surface area contributed by atoms with Crippen molar-refractivity contribution in [2.24, 2.45) is 5.92 Å². The van der Waals surface area contributed by atoms with E-state index in [1.807, 2.05) is 13.8 Å². The molecule has 0 radical (unpaired) electrons. The van der Waals surface area contributed by atoms with E-state index in [1.54, 1.807) is 6.07 Å². The van der Waals surface area contributed by atoms with Crippen LogP contribution in [0.2, 0.25) is 0 Å². The summed E-state index contributed by atoms with van der Waals surface area (Å²) in [6, 6.07) is 5.62. The molecule has 3 nitrogen and oxygen atoms in total. The van der Waals surface area contributed by atoms with Crippen LogP contribution in [0, 0.1) is 5.92 Å². The third kappa shape index (κ3) is 5.38. The lowest BCUT2D eigenvalue weighted by atomic mass is 9.95. The summed E-state index contributed by atoms with van der Waals surface area (Å²) >= 11 is 0. The van der Waals surface area contributed by atoms with Gasteiger partial charge in [0, 0.05) is 12.1 Å². The van der Waals surface area contributed by atoms with E-state index in [4.69, 9.17) is 0 Å².